The van der Waals surface area contributed by atoms with Gasteiger partial charge in [0.15, 0.2) is 0 Å². The molecule has 1 saturated heterocycles. The number of hydrazine groups is 1. The summed E-state index contributed by atoms with van der Waals surface area (Å²) in [6.45, 7) is 0. The molecule has 1 aliphatic heterocycles. The molecular formula is C12H12ClN3O5. The van der Waals surface area contributed by atoms with Crippen LogP contribution in [0, 0.1) is 5.92 Å². The number of imide groups is 1. The molecular weight excluding hydrogens is 302 g/mol. The van der Waals surface area contributed by atoms with E-state index in [-0.39, 0.29) is 24.4 Å². The van der Waals surface area contributed by atoms with Crippen molar-refractivity contribution >= 4 is 36.1 Å². The third-order valence-electron chi connectivity index (χ3n) is 2.75. The minimum absolute atomic E-state index is 0. The first-order valence-corrected chi connectivity index (χ1v) is 5.69. The Morgan fingerprint density at radius 3 is 2.43 bits per heavy atom. The largest absolute Gasteiger partial charge is 0.363 e. The summed E-state index contributed by atoms with van der Waals surface area (Å²) in [5.41, 5.74) is 1.96. The van der Waals surface area contributed by atoms with Crippen molar-refractivity contribution in [2.45, 2.75) is 6.42 Å². The number of hydroxylamine groups is 2. The van der Waals surface area contributed by atoms with Crippen LogP contribution < -0.4 is 11.3 Å². The fraction of sp³-hybridized carbons (Fsp3) is 0.167. The van der Waals surface area contributed by atoms with Gasteiger partial charge in [-0.25, -0.2) is 10.6 Å². The third kappa shape index (κ3) is 3.36. The van der Waals surface area contributed by atoms with Crippen molar-refractivity contribution in [1.29, 1.82) is 0 Å². The predicted octanol–water partition coefficient (Wildman–Crippen LogP) is -0.455. The summed E-state index contributed by atoms with van der Waals surface area (Å²) >= 11 is 0. The van der Waals surface area contributed by atoms with E-state index in [0.29, 0.717) is 5.06 Å². The Kier molecular flexibility index (Phi) is 5.39. The van der Waals surface area contributed by atoms with E-state index in [9.17, 15) is 19.2 Å². The molecule has 112 valence electrons. The average molecular weight is 314 g/mol. The van der Waals surface area contributed by atoms with Crippen LogP contribution >= 0.6 is 12.4 Å². The van der Waals surface area contributed by atoms with Crippen molar-refractivity contribution in [3.05, 3.63) is 35.9 Å². The van der Waals surface area contributed by atoms with Gasteiger partial charge in [0.2, 0.25) is 5.91 Å². The van der Waals surface area contributed by atoms with E-state index >= 15 is 0 Å². The Balaban J connectivity index is 0.00000220. The van der Waals surface area contributed by atoms with Crippen LogP contribution in [0.2, 0.25) is 0 Å². The van der Waals surface area contributed by atoms with Crippen LogP contribution in [0.5, 0.6) is 0 Å². The van der Waals surface area contributed by atoms with Gasteiger partial charge >= 0.3 is 5.97 Å². The van der Waals surface area contributed by atoms with Crippen LogP contribution in [0.3, 0.4) is 0 Å². The third-order valence-corrected chi connectivity index (χ3v) is 2.75. The van der Waals surface area contributed by atoms with Gasteiger partial charge in [0, 0.05) is 0 Å². The zero-order valence-corrected chi connectivity index (χ0v) is 11.5. The minimum atomic E-state index is -1.27. The monoisotopic (exact) mass is 313 g/mol. The molecule has 1 heterocycles. The van der Waals surface area contributed by atoms with Gasteiger partial charge in [-0.3, -0.25) is 19.8 Å². The molecule has 0 spiro atoms. The molecule has 0 radical (unpaired) electrons. The fourth-order valence-electron chi connectivity index (χ4n) is 1.72. The lowest BCUT2D eigenvalue weighted by molar-refractivity contribution is -0.174. The molecule has 9 heteroatoms. The number of rotatable bonds is 3. The number of carbonyl (C=O) groups excluding carboxylic acids is 4. The Bertz CT molecular complexity index is 578. The maximum atomic E-state index is 11.8. The van der Waals surface area contributed by atoms with E-state index in [4.69, 9.17) is 10.7 Å². The number of nitrogens with zero attached hydrogens (tertiary/aromatic N) is 1. The van der Waals surface area contributed by atoms with Gasteiger partial charge in [0.05, 0.1) is 12.0 Å². The second kappa shape index (κ2) is 6.82. The molecule has 8 nitrogen and oxygen atoms in total. The summed E-state index contributed by atoms with van der Waals surface area (Å²) in [6.07, 6.45) is -0.385. The topological polar surface area (TPSA) is 119 Å². The molecule has 1 atom stereocenters. The molecule has 3 amide bonds. The molecule has 0 aromatic heterocycles. The number of nitrogens with one attached hydrogen (secondary N) is 1. The van der Waals surface area contributed by atoms with Gasteiger partial charge in [-0.05, 0) is 12.1 Å². The SMILES string of the molecule is Cl.NNC(=O)C1CC(=O)N(OC(=O)c2ccccc2)C1=O. The van der Waals surface area contributed by atoms with Crippen LogP contribution in [0.1, 0.15) is 16.8 Å². The van der Waals surface area contributed by atoms with Crippen molar-refractivity contribution in [1.82, 2.24) is 10.5 Å². The standard InChI is InChI=1S/C12H11N3O5.ClH/c13-14-10(17)8-6-9(16)15(11(8)18)20-12(19)7-4-2-1-3-5-7;/h1-5,8H,6,13H2,(H,14,17);1H. The molecule has 1 fully saturated rings. The lowest BCUT2D eigenvalue weighted by Crippen LogP contribution is -2.40. The van der Waals surface area contributed by atoms with E-state index in [1.807, 2.05) is 0 Å². The molecule has 0 aliphatic carbocycles. The smallest absolute Gasteiger partial charge is 0.325 e. The Morgan fingerprint density at radius 1 is 1.24 bits per heavy atom. The second-order valence-corrected chi connectivity index (χ2v) is 4.04. The average Bonchev–Trinajstić information content (AvgIpc) is 2.75. The summed E-state index contributed by atoms with van der Waals surface area (Å²) in [5, 5.41) is 0.301. The van der Waals surface area contributed by atoms with E-state index in [1.165, 1.54) is 12.1 Å². The number of benzene rings is 1. The first-order chi connectivity index (χ1) is 9.54. The lowest BCUT2D eigenvalue weighted by Gasteiger charge is -2.13. The van der Waals surface area contributed by atoms with Crippen LogP contribution in [-0.4, -0.2) is 28.8 Å². The highest BCUT2D eigenvalue weighted by Gasteiger charge is 2.45. The van der Waals surface area contributed by atoms with Gasteiger partial charge in [-0.1, -0.05) is 18.2 Å². The number of carbonyl (C=O) groups is 4. The molecule has 1 aliphatic rings. The van der Waals surface area contributed by atoms with Gasteiger partial charge in [0.1, 0.15) is 5.92 Å². The highest BCUT2D eigenvalue weighted by atomic mass is 35.5. The maximum Gasteiger partial charge on any atom is 0.363 e. The van der Waals surface area contributed by atoms with Gasteiger partial charge < -0.3 is 4.84 Å². The molecule has 3 N–H and O–H groups in total. The van der Waals surface area contributed by atoms with Gasteiger partial charge in [-0.15, -0.1) is 17.5 Å². The number of amides is 3. The molecule has 0 saturated carbocycles. The van der Waals surface area contributed by atoms with Crippen LogP contribution in [0.4, 0.5) is 0 Å². The molecule has 1 unspecified atom stereocenters. The first-order valence-electron chi connectivity index (χ1n) is 5.69. The number of halogens is 1. The quantitative estimate of drug-likeness (QED) is 0.256. The van der Waals surface area contributed by atoms with E-state index in [1.54, 1.807) is 23.6 Å². The van der Waals surface area contributed by atoms with Crippen molar-refractivity contribution in [3.8, 4) is 0 Å². The Morgan fingerprint density at radius 2 is 1.86 bits per heavy atom. The predicted molar refractivity (Wildman–Crippen MR) is 71.4 cm³/mol. The Hall–Kier alpha value is -2.45. The highest BCUT2D eigenvalue weighted by Crippen LogP contribution is 2.20. The number of hydrogen-bond donors (Lipinski definition) is 2. The van der Waals surface area contributed by atoms with Crippen molar-refractivity contribution < 1.29 is 24.0 Å². The second-order valence-electron chi connectivity index (χ2n) is 4.04. The summed E-state index contributed by atoms with van der Waals surface area (Å²) in [6, 6.07) is 7.85. The summed E-state index contributed by atoms with van der Waals surface area (Å²) in [7, 11) is 0. The van der Waals surface area contributed by atoms with E-state index < -0.39 is 29.6 Å². The molecule has 2 rings (SSSR count). The maximum absolute atomic E-state index is 11.8. The van der Waals surface area contributed by atoms with Crippen molar-refractivity contribution in [3.63, 3.8) is 0 Å². The molecule has 1 aromatic rings. The molecule has 1 aromatic carbocycles. The first kappa shape index (κ1) is 16.6. The number of hydrogen-bond acceptors (Lipinski definition) is 6. The summed E-state index contributed by atoms with van der Waals surface area (Å²) in [5.74, 6) is 0.291. The molecule has 21 heavy (non-hydrogen) atoms. The fourth-order valence-corrected chi connectivity index (χ4v) is 1.72. The summed E-state index contributed by atoms with van der Waals surface area (Å²) < 4.78 is 0. The van der Waals surface area contributed by atoms with E-state index in [0.717, 1.165) is 0 Å². The van der Waals surface area contributed by atoms with E-state index in [2.05, 4.69) is 0 Å². The minimum Gasteiger partial charge on any atom is -0.325 e. The zero-order valence-electron chi connectivity index (χ0n) is 10.6. The van der Waals surface area contributed by atoms with Crippen LogP contribution in [0.15, 0.2) is 30.3 Å². The van der Waals surface area contributed by atoms with Crippen molar-refractivity contribution in [2.75, 3.05) is 0 Å². The number of nitrogens with two attached hydrogens (primary N) is 1. The van der Waals surface area contributed by atoms with Gasteiger partial charge in [-0.2, -0.15) is 0 Å². The lowest BCUT2D eigenvalue weighted by atomic mass is 10.1. The zero-order chi connectivity index (χ0) is 14.7. The van der Waals surface area contributed by atoms with Crippen LogP contribution in [-0.2, 0) is 19.2 Å². The Labute approximate surface area is 125 Å². The molecule has 0 bridgehead atoms. The van der Waals surface area contributed by atoms with Crippen LogP contribution in [0.25, 0.3) is 0 Å². The highest BCUT2D eigenvalue weighted by molar-refractivity contribution is 6.13. The normalized spacial score (nSPS) is 17.2. The van der Waals surface area contributed by atoms with Crippen molar-refractivity contribution in [2.24, 2.45) is 11.8 Å². The summed E-state index contributed by atoms with van der Waals surface area (Å²) in [4.78, 5) is 51.1. The van der Waals surface area contributed by atoms with Gasteiger partial charge in [0.25, 0.3) is 11.8 Å².